The maximum absolute atomic E-state index is 11.0. The Bertz CT molecular complexity index is 385. The summed E-state index contributed by atoms with van der Waals surface area (Å²) in [6.45, 7) is 0. The summed E-state index contributed by atoms with van der Waals surface area (Å²) in [6, 6.07) is 3.55. The van der Waals surface area contributed by atoms with Crippen molar-refractivity contribution in [2.75, 3.05) is 7.11 Å². The zero-order chi connectivity index (χ0) is 10.9. The average Bonchev–Trinajstić information content (AvgIpc) is 2.99. The van der Waals surface area contributed by atoms with E-state index in [1.165, 1.54) is 0 Å². The Morgan fingerprint density at radius 1 is 1.67 bits per heavy atom. The number of hydrogen-bond acceptors (Lipinski definition) is 3. The summed E-state index contributed by atoms with van der Waals surface area (Å²) in [4.78, 5) is 15.1. The van der Waals surface area contributed by atoms with Crippen molar-refractivity contribution in [3.8, 4) is 5.75 Å². The molecule has 1 heterocycles. The van der Waals surface area contributed by atoms with Crippen LogP contribution in [0.4, 0.5) is 0 Å². The lowest BCUT2D eigenvalue weighted by atomic mass is 10.0. The fourth-order valence-corrected chi connectivity index (χ4v) is 1.64. The molecule has 0 bridgehead atoms. The fraction of sp³-hybridized carbons (Fsp3) is 0.455. The van der Waals surface area contributed by atoms with Crippen molar-refractivity contribution < 1.29 is 14.6 Å². The number of methoxy groups -OCH3 is 1. The molecule has 0 radical (unpaired) electrons. The van der Waals surface area contributed by atoms with Crippen LogP contribution < -0.4 is 4.74 Å². The van der Waals surface area contributed by atoms with E-state index >= 15 is 0 Å². The Kier molecular flexibility index (Phi) is 2.34. The molecule has 4 heteroatoms. The first-order valence-electron chi connectivity index (χ1n) is 4.89. The van der Waals surface area contributed by atoms with Gasteiger partial charge >= 0.3 is 5.97 Å². The molecule has 2 rings (SSSR count). The van der Waals surface area contributed by atoms with Gasteiger partial charge in [-0.25, -0.2) is 0 Å². The van der Waals surface area contributed by atoms with Gasteiger partial charge in [0.25, 0.3) is 0 Å². The van der Waals surface area contributed by atoms with E-state index in [4.69, 9.17) is 9.84 Å². The van der Waals surface area contributed by atoms with E-state index in [2.05, 4.69) is 4.98 Å². The molecule has 0 aromatic carbocycles. The topological polar surface area (TPSA) is 59.4 Å². The minimum atomic E-state index is -0.716. The fourth-order valence-electron chi connectivity index (χ4n) is 1.64. The number of carbonyl (C=O) groups is 1. The molecule has 1 N–H and O–H groups in total. The molecule has 1 aromatic heterocycles. The summed E-state index contributed by atoms with van der Waals surface area (Å²) in [5.41, 5.74) is 0.230. The lowest BCUT2D eigenvalue weighted by Gasteiger charge is -2.09. The van der Waals surface area contributed by atoms with Gasteiger partial charge in [0.05, 0.1) is 12.5 Å². The van der Waals surface area contributed by atoms with Crippen molar-refractivity contribution >= 4 is 5.97 Å². The van der Waals surface area contributed by atoms with E-state index in [9.17, 15) is 4.79 Å². The van der Waals surface area contributed by atoms with Gasteiger partial charge in [-0.1, -0.05) is 0 Å². The van der Waals surface area contributed by atoms with E-state index in [1.807, 2.05) is 0 Å². The summed E-state index contributed by atoms with van der Waals surface area (Å²) in [7, 11) is 1.59. The van der Waals surface area contributed by atoms with E-state index in [1.54, 1.807) is 25.4 Å². The van der Waals surface area contributed by atoms with Gasteiger partial charge in [-0.2, -0.15) is 0 Å². The van der Waals surface area contributed by atoms with Crippen LogP contribution in [0, 0.1) is 5.41 Å². The number of hydrogen-bond donors (Lipinski definition) is 1. The van der Waals surface area contributed by atoms with Crippen molar-refractivity contribution in [3.05, 3.63) is 24.0 Å². The molecule has 1 saturated carbocycles. The molecule has 1 aliphatic rings. The number of nitrogens with zero attached hydrogens (tertiary/aromatic N) is 1. The Morgan fingerprint density at radius 2 is 2.40 bits per heavy atom. The number of carboxylic acids is 1. The van der Waals surface area contributed by atoms with Crippen molar-refractivity contribution in [2.24, 2.45) is 5.41 Å². The molecule has 0 spiro atoms. The molecular weight excluding hydrogens is 194 g/mol. The standard InChI is InChI=1S/C11H13NO3/c1-15-9-2-5-12-8(6-9)7-11(3-4-11)10(13)14/h2,5-6H,3-4,7H2,1H3,(H,13,14). The molecular formula is C11H13NO3. The SMILES string of the molecule is COc1ccnc(CC2(C(=O)O)CC2)c1. The van der Waals surface area contributed by atoms with Crippen molar-refractivity contribution in [1.29, 1.82) is 0 Å². The van der Waals surface area contributed by atoms with E-state index in [0.29, 0.717) is 6.42 Å². The minimum absolute atomic E-state index is 0.500. The second-order valence-corrected chi connectivity index (χ2v) is 3.95. The number of aliphatic carboxylic acids is 1. The van der Waals surface area contributed by atoms with Crippen LogP contribution in [0.1, 0.15) is 18.5 Å². The summed E-state index contributed by atoms with van der Waals surface area (Å²) >= 11 is 0. The summed E-state index contributed by atoms with van der Waals surface area (Å²) < 4.78 is 5.06. The Labute approximate surface area is 87.9 Å². The number of aromatic nitrogens is 1. The maximum Gasteiger partial charge on any atom is 0.310 e. The van der Waals surface area contributed by atoms with Crippen molar-refractivity contribution in [2.45, 2.75) is 19.3 Å². The molecule has 1 fully saturated rings. The van der Waals surface area contributed by atoms with Crippen LogP contribution in [0.2, 0.25) is 0 Å². The third-order valence-electron chi connectivity index (χ3n) is 2.85. The van der Waals surface area contributed by atoms with Crippen LogP contribution in [-0.4, -0.2) is 23.2 Å². The molecule has 4 nitrogen and oxygen atoms in total. The predicted octanol–water partition coefficient (Wildman–Crippen LogP) is 1.50. The van der Waals surface area contributed by atoms with Gasteiger partial charge in [0.1, 0.15) is 5.75 Å². The normalized spacial score (nSPS) is 17.1. The summed E-state index contributed by atoms with van der Waals surface area (Å²) in [5, 5.41) is 9.03. The average molecular weight is 207 g/mol. The predicted molar refractivity (Wildman–Crippen MR) is 53.8 cm³/mol. The molecule has 0 saturated heterocycles. The first kappa shape index (κ1) is 9.96. The molecule has 0 aliphatic heterocycles. The van der Waals surface area contributed by atoms with Gasteiger partial charge in [0.2, 0.25) is 0 Å². The maximum atomic E-state index is 11.0. The number of rotatable bonds is 4. The Morgan fingerprint density at radius 3 is 2.93 bits per heavy atom. The van der Waals surface area contributed by atoms with Gasteiger partial charge in [0.15, 0.2) is 0 Å². The smallest absolute Gasteiger partial charge is 0.310 e. The second-order valence-electron chi connectivity index (χ2n) is 3.95. The molecule has 1 aliphatic carbocycles. The van der Waals surface area contributed by atoms with Gasteiger partial charge in [0, 0.05) is 24.4 Å². The van der Waals surface area contributed by atoms with Crippen LogP contribution >= 0.6 is 0 Å². The molecule has 0 unspecified atom stereocenters. The largest absolute Gasteiger partial charge is 0.497 e. The number of carboxylic acid groups (broad SMARTS) is 1. The zero-order valence-corrected chi connectivity index (χ0v) is 8.56. The highest BCUT2D eigenvalue weighted by Crippen LogP contribution is 2.48. The number of pyridine rings is 1. The van der Waals surface area contributed by atoms with Crippen LogP contribution in [0.5, 0.6) is 5.75 Å². The highest BCUT2D eigenvalue weighted by molar-refractivity contribution is 5.78. The molecule has 80 valence electrons. The van der Waals surface area contributed by atoms with Crippen LogP contribution in [-0.2, 0) is 11.2 Å². The molecule has 1 aromatic rings. The van der Waals surface area contributed by atoms with Gasteiger partial charge in [-0.15, -0.1) is 0 Å². The first-order valence-corrected chi connectivity index (χ1v) is 4.89. The van der Waals surface area contributed by atoms with Crippen molar-refractivity contribution in [1.82, 2.24) is 4.98 Å². The van der Waals surface area contributed by atoms with Gasteiger partial charge in [-0.3, -0.25) is 9.78 Å². The quantitative estimate of drug-likeness (QED) is 0.812. The highest BCUT2D eigenvalue weighted by atomic mass is 16.5. The van der Waals surface area contributed by atoms with Crippen molar-refractivity contribution in [3.63, 3.8) is 0 Å². The Balaban J connectivity index is 2.14. The third kappa shape index (κ3) is 1.93. The summed E-state index contributed by atoms with van der Waals surface area (Å²) in [6.07, 6.45) is 3.65. The van der Waals surface area contributed by atoms with Crippen LogP contribution in [0.15, 0.2) is 18.3 Å². The first-order chi connectivity index (χ1) is 7.16. The number of ether oxygens (including phenoxy) is 1. The molecule has 0 amide bonds. The third-order valence-corrected chi connectivity index (χ3v) is 2.85. The molecule has 0 atom stereocenters. The lowest BCUT2D eigenvalue weighted by Crippen LogP contribution is -2.18. The Hall–Kier alpha value is -1.58. The van der Waals surface area contributed by atoms with E-state index < -0.39 is 11.4 Å². The van der Waals surface area contributed by atoms with Gasteiger partial charge in [-0.05, 0) is 18.9 Å². The van der Waals surface area contributed by atoms with Gasteiger partial charge < -0.3 is 9.84 Å². The second kappa shape index (κ2) is 3.53. The van der Waals surface area contributed by atoms with Crippen LogP contribution in [0.25, 0.3) is 0 Å². The monoisotopic (exact) mass is 207 g/mol. The summed E-state index contributed by atoms with van der Waals surface area (Å²) in [5.74, 6) is 0.00769. The lowest BCUT2D eigenvalue weighted by molar-refractivity contribution is -0.143. The minimum Gasteiger partial charge on any atom is -0.497 e. The van der Waals surface area contributed by atoms with E-state index in [-0.39, 0.29) is 0 Å². The van der Waals surface area contributed by atoms with Crippen LogP contribution in [0.3, 0.4) is 0 Å². The van der Waals surface area contributed by atoms with E-state index in [0.717, 1.165) is 24.3 Å². The molecule has 15 heavy (non-hydrogen) atoms. The zero-order valence-electron chi connectivity index (χ0n) is 8.56. The highest BCUT2D eigenvalue weighted by Gasteiger charge is 2.50.